The van der Waals surface area contributed by atoms with Crippen molar-refractivity contribution in [3.8, 4) is 0 Å². The maximum Gasteiger partial charge on any atom is 0.472 e. The molecule has 0 saturated carbocycles. The first kappa shape index (κ1) is 110. The lowest BCUT2D eigenvalue weighted by molar-refractivity contribution is -0.161. The smallest absolute Gasteiger partial charge is 0.462 e. The highest BCUT2D eigenvalue weighted by molar-refractivity contribution is 7.47. The third kappa shape index (κ3) is 85.9. The van der Waals surface area contributed by atoms with Gasteiger partial charge in [-0.15, -0.1) is 0 Å². The van der Waals surface area contributed by atoms with Crippen molar-refractivity contribution in [1.82, 2.24) is 0 Å². The molecule has 0 radical (unpaired) electrons. The number of ether oxygens (including phenoxy) is 4. The third-order valence-corrected chi connectivity index (χ3v) is 23.9. The van der Waals surface area contributed by atoms with Gasteiger partial charge in [0.15, 0.2) is 12.2 Å². The molecule has 0 heterocycles. The van der Waals surface area contributed by atoms with Gasteiger partial charge in [0, 0.05) is 25.7 Å². The van der Waals surface area contributed by atoms with Crippen LogP contribution in [0.25, 0.3) is 0 Å². The Morgan fingerprint density at radius 1 is 0.241 bits per heavy atom. The molecule has 0 rings (SSSR count). The van der Waals surface area contributed by atoms with Crippen LogP contribution in [0.2, 0.25) is 0 Å². The van der Waals surface area contributed by atoms with E-state index in [1.54, 1.807) is 0 Å². The predicted octanol–water partition coefficient (Wildman–Crippen LogP) is 29.1. The van der Waals surface area contributed by atoms with Crippen molar-refractivity contribution < 1.29 is 80.2 Å². The number of phosphoric acid groups is 2. The second-order valence-corrected chi connectivity index (χ2v) is 36.8. The van der Waals surface area contributed by atoms with Crippen LogP contribution in [0.5, 0.6) is 0 Å². The van der Waals surface area contributed by atoms with Gasteiger partial charge in [-0.3, -0.25) is 37.3 Å². The summed E-state index contributed by atoms with van der Waals surface area (Å²) in [6.07, 6.45) is 82.1. The van der Waals surface area contributed by atoms with Gasteiger partial charge in [0.05, 0.1) is 26.4 Å². The van der Waals surface area contributed by atoms with Gasteiger partial charge in [-0.2, -0.15) is 0 Å². The molecule has 2 unspecified atom stereocenters. The van der Waals surface area contributed by atoms with E-state index in [4.69, 9.17) is 37.0 Å². The number of aliphatic hydroxyl groups excluding tert-OH is 1. The molecule has 666 valence electrons. The molecular formula is C93H182O17P2. The number of rotatable bonds is 93. The standard InChI is InChI=1S/C93H182O17P2/c1-6-9-12-15-18-21-24-26-28-30-32-34-36-38-43-47-52-57-62-67-72-77-91(96)104-83-89(110-93(98)78-73-68-63-58-53-48-44-39-37-35-33-31-29-27-25-22-19-16-13-10-7-2)85-108-112(101,102)106-81-87(94)80-105-111(99,100)107-84-88(82-103-90(95)76-71-66-61-56-50-23-20-17-14-11-8-3)109-92(97)79-74-69-64-59-54-49-45-41-40-42-46-51-55-60-65-70-75-86(4)5/h86-89,94H,6-85H2,1-5H3,(H,99,100)(H,101,102)/t87-,88+,89+/m0/s1. The Kier molecular flexibility index (Phi) is 84.0. The van der Waals surface area contributed by atoms with Gasteiger partial charge >= 0.3 is 39.5 Å². The number of unbranched alkanes of at least 4 members (excludes halogenated alkanes) is 65. The summed E-state index contributed by atoms with van der Waals surface area (Å²) in [5.74, 6) is -1.28. The summed E-state index contributed by atoms with van der Waals surface area (Å²) < 4.78 is 69.1. The van der Waals surface area contributed by atoms with Gasteiger partial charge < -0.3 is 33.8 Å². The fourth-order valence-corrected chi connectivity index (χ4v) is 16.3. The maximum atomic E-state index is 13.2. The van der Waals surface area contributed by atoms with E-state index in [0.29, 0.717) is 25.7 Å². The van der Waals surface area contributed by atoms with Gasteiger partial charge in [-0.1, -0.05) is 458 Å². The summed E-state index contributed by atoms with van der Waals surface area (Å²) in [5.41, 5.74) is 0. The largest absolute Gasteiger partial charge is 0.472 e. The van der Waals surface area contributed by atoms with Gasteiger partial charge in [0.2, 0.25) is 0 Å². The van der Waals surface area contributed by atoms with Crippen molar-refractivity contribution in [3.63, 3.8) is 0 Å². The Morgan fingerprint density at radius 2 is 0.411 bits per heavy atom. The maximum absolute atomic E-state index is 13.2. The highest BCUT2D eigenvalue weighted by Gasteiger charge is 2.31. The topological polar surface area (TPSA) is 237 Å². The first-order valence-electron chi connectivity index (χ1n) is 48.1. The van der Waals surface area contributed by atoms with Crippen LogP contribution >= 0.6 is 15.6 Å². The zero-order valence-electron chi connectivity index (χ0n) is 73.8. The lowest BCUT2D eigenvalue weighted by atomic mass is 10.0. The molecule has 0 amide bonds. The van der Waals surface area contributed by atoms with Crippen molar-refractivity contribution in [2.75, 3.05) is 39.6 Å². The first-order chi connectivity index (χ1) is 54.5. The summed E-state index contributed by atoms with van der Waals surface area (Å²) in [6, 6.07) is 0. The van der Waals surface area contributed by atoms with Crippen LogP contribution in [0.15, 0.2) is 0 Å². The SMILES string of the molecule is CCCCCCCCCCCCCCCCCCCCCCCC(=O)OC[C@H](COP(=O)(O)OC[C@@H](O)COP(=O)(O)OC[C@@H](COC(=O)CCCCCCCCCCCCC)OC(=O)CCCCCCCCCCCCCCCCCCC(C)C)OC(=O)CCCCCCCCCCCCCCCCCCCCCCC. The summed E-state index contributed by atoms with van der Waals surface area (Å²) in [6.45, 7) is 7.43. The molecule has 0 aromatic rings. The van der Waals surface area contributed by atoms with Crippen LogP contribution in [0.4, 0.5) is 0 Å². The summed E-state index contributed by atoms with van der Waals surface area (Å²) in [7, 11) is -9.94. The van der Waals surface area contributed by atoms with Crippen LogP contribution < -0.4 is 0 Å². The number of hydrogen-bond donors (Lipinski definition) is 3. The number of carbonyl (C=O) groups excluding carboxylic acids is 4. The minimum atomic E-state index is -4.97. The highest BCUT2D eigenvalue weighted by Crippen LogP contribution is 2.45. The van der Waals surface area contributed by atoms with Crippen LogP contribution in [-0.2, 0) is 65.4 Å². The average Bonchev–Trinajstić information content (AvgIpc) is 0.936. The molecular weight excluding hydrogens is 1450 g/mol. The van der Waals surface area contributed by atoms with Crippen LogP contribution in [0, 0.1) is 5.92 Å². The molecule has 5 atom stereocenters. The molecule has 0 saturated heterocycles. The summed E-state index contributed by atoms with van der Waals surface area (Å²) >= 11 is 0. The van der Waals surface area contributed by atoms with Crippen LogP contribution in [-0.4, -0.2) is 96.7 Å². The van der Waals surface area contributed by atoms with Gasteiger partial charge in [-0.05, 0) is 31.6 Å². The second-order valence-electron chi connectivity index (χ2n) is 33.9. The van der Waals surface area contributed by atoms with Crippen molar-refractivity contribution in [3.05, 3.63) is 0 Å². The van der Waals surface area contributed by atoms with Crippen LogP contribution in [0.1, 0.15) is 510 Å². The number of esters is 4. The number of carbonyl (C=O) groups is 4. The molecule has 0 bridgehead atoms. The van der Waals surface area contributed by atoms with E-state index >= 15 is 0 Å². The predicted molar refractivity (Wildman–Crippen MR) is 465 cm³/mol. The Hall–Kier alpha value is -1.94. The molecule has 19 heteroatoms. The highest BCUT2D eigenvalue weighted by atomic mass is 31.2. The number of aliphatic hydroxyl groups is 1. The monoisotopic (exact) mass is 1630 g/mol. The fourth-order valence-electron chi connectivity index (χ4n) is 14.7. The molecule has 0 fully saturated rings. The van der Waals surface area contributed by atoms with E-state index in [9.17, 15) is 43.2 Å². The fraction of sp³-hybridized carbons (Fsp3) is 0.957. The minimum absolute atomic E-state index is 0.109. The van der Waals surface area contributed by atoms with Crippen molar-refractivity contribution in [2.24, 2.45) is 5.92 Å². The van der Waals surface area contributed by atoms with E-state index in [1.165, 1.54) is 334 Å². The Morgan fingerprint density at radius 3 is 0.607 bits per heavy atom. The van der Waals surface area contributed by atoms with Gasteiger partial charge in [0.25, 0.3) is 0 Å². The minimum Gasteiger partial charge on any atom is -0.462 e. The third-order valence-electron chi connectivity index (χ3n) is 22.0. The number of hydrogen-bond acceptors (Lipinski definition) is 15. The molecule has 3 N–H and O–H groups in total. The van der Waals surface area contributed by atoms with E-state index < -0.39 is 97.5 Å². The van der Waals surface area contributed by atoms with Crippen LogP contribution in [0.3, 0.4) is 0 Å². The molecule has 0 spiro atoms. The lowest BCUT2D eigenvalue weighted by Crippen LogP contribution is -2.30. The van der Waals surface area contributed by atoms with E-state index in [1.807, 2.05) is 0 Å². The molecule has 0 aromatic carbocycles. The summed E-state index contributed by atoms with van der Waals surface area (Å²) in [5, 5.41) is 10.7. The molecule has 112 heavy (non-hydrogen) atoms. The van der Waals surface area contributed by atoms with Crippen molar-refractivity contribution in [2.45, 2.75) is 528 Å². The number of phosphoric ester groups is 2. The van der Waals surface area contributed by atoms with Gasteiger partial charge in [0.1, 0.15) is 19.3 Å². The zero-order chi connectivity index (χ0) is 81.8. The van der Waals surface area contributed by atoms with E-state index in [2.05, 4.69) is 34.6 Å². The first-order valence-corrected chi connectivity index (χ1v) is 51.1. The second kappa shape index (κ2) is 85.5. The van der Waals surface area contributed by atoms with E-state index in [0.717, 1.165) is 95.8 Å². The summed E-state index contributed by atoms with van der Waals surface area (Å²) in [4.78, 5) is 73.5. The molecule has 0 aliphatic carbocycles. The Balaban J connectivity index is 5.22. The Labute approximate surface area is 689 Å². The normalized spacial score (nSPS) is 13.7. The Bertz CT molecular complexity index is 2120. The zero-order valence-corrected chi connectivity index (χ0v) is 75.6. The molecule has 0 aliphatic heterocycles. The van der Waals surface area contributed by atoms with E-state index in [-0.39, 0.29) is 25.7 Å². The molecule has 0 aromatic heterocycles. The van der Waals surface area contributed by atoms with Gasteiger partial charge in [-0.25, -0.2) is 9.13 Å². The average molecular weight is 1630 g/mol. The molecule has 0 aliphatic rings. The quantitative estimate of drug-likeness (QED) is 0.0222. The molecule has 17 nitrogen and oxygen atoms in total. The van der Waals surface area contributed by atoms with Crippen molar-refractivity contribution in [1.29, 1.82) is 0 Å². The lowest BCUT2D eigenvalue weighted by Gasteiger charge is -2.21. The van der Waals surface area contributed by atoms with Crippen molar-refractivity contribution >= 4 is 39.5 Å².